The number of pyridine rings is 1. The second-order valence-electron chi connectivity index (χ2n) is 21.4. The number of nitrogens with zero attached hydrogens (tertiary/aromatic N) is 5. The van der Waals surface area contributed by atoms with Crippen LogP contribution in [0.4, 0.5) is 85.5 Å². The number of benzene rings is 5. The van der Waals surface area contributed by atoms with E-state index in [9.17, 15) is 73.9 Å². The molecule has 94 heavy (non-hydrogen) atoms. The molecule has 0 aliphatic carbocycles. The number of nitrogen functional groups attached to an aromatic ring is 2. The van der Waals surface area contributed by atoms with Crippen molar-refractivity contribution in [3.63, 3.8) is 0 Å². The number of anilines is 8. The van der Waals surface area contributed by atoms with E-state index >= 15 is 0 Å². The van der Waals surface area contributed by atoms with Crippen molar-refractivity contribution >= 4 is 146 Å². The van der Waals surface area contributed by atoms with Gasteiger partial charge in [-0.2, -0.15) is 49.5 Å². The highest BCUT2D eigenvalue weighted by Crippen LogP contribution is 2.40. The number of halogens is 12. The van der Waals surface area contributed by atoms with Crippen LogP contribution in [0.3, 0.4) is 0 Å². The third-order valence-electron chi connectivity index (χ3n) is 12.5. The van der Waals surface area contributed by atoms with E-state index < -0.39 is 112 Å². The quantitative estimate of drug-likeness (QED) is 0.0169. The van der Waals surface area contributed by atoms with Crippen molar-refractivity contribution in [1.29, 1.82) is 0 Å². The van der Waals surface area contributed by atoms with E-state index in [0.29, 0.717) is 34.8 Å². The molecule has 510 valence electrons. The summed E-state index contributed by atoms with van der Waals surface area (Å²) in [5, 5.41) is 7.02. The zero-order valence-corrected chi connectivity index (χ0v) is 59.3. The molecular weight excluding hydrogens is 1500 g/mol. The van der Waals surface area contributed by atoms with Gasteiger partial charge >= 0.3 is 18.5 Å². The first-order valence-corrected chi connectivity index (χ1v) is 38.8. The van der Waals surface area contributed by atoms with Crippen LogP contribution in [0.5, 0.6) is 0 Å². The number of sulfone groups is 3. The van der Waals surface area contributed by atoms with E-state index in [0.717, 1.165) is 11.5 Å². The Morgan fingerprint density at radius 3 is 1.23 bits per heavy atom. The van der Waals surface area contributed by atoms with Crippen LogP contribution in [0.1, 0.15) is 58.2 Å². The minimum absolute atomic E-state index is 0.0218. The fraction of sp³-hybridized carbons (Fsp3) is 0.271. The van der Waals surface area contributed by atoms with Crippen molar-refractivity contribution in [3.05, 3.63) is 177 Å². The largest absolute Gasteiger partial charge is 0.421 e. The van der Waals surface area contributed by atoms with Gasteiger partial charge in [0.15, 0.2) is 29.5 Å². The summed E-state index contributed by atoms with van der Waals surface area (Å²) in [6, 6.07) is 32.8. The summed E-state index contributed by atoms with van der Waals surface area (Å²) in [5.41, 5.74) is 9.44. The molecular formula is C59H64Cl2F9IN10O8P2S3. The molecule has 0 aliphatic rings. The molecule has 0 saturated heterocycles. The maximum absolute atomic E-state index is 13.6. The average Bonchev–Trinajstić information content (AvgIpc) is 0.814. The Bertz CT molecular complexity index is 4380. The highest BCUT2D eigenvalue weighted by Gasteiger charge is 2.38. The minimum atomic E-state index is -4.78. The minimum Gasteiger partial charge on any atom is -0.399 e. The number of para-hydroxylation sites is 3. The van der Waals surface area contributed by atoms with Gasteiger partial charge in [0.25, 0.3) is 0 Å². The predicted octanol–water partition coefficient (Wildman–Crippen LogP) is 15.8. The summed E-state index contributed by atoms with van der Waals surface area (Å²) in [5.74, 6) is -1.35. The Morgan fingerprint density at radius 2 is 0.840 bits per heavy atom. The second-order valence-corrected chi connectivity index (χ2v) is 37.1. The first-order chi connectivity index (χ1) is 43.1. The van der Waals surface area contributed by atoms with Crippen molar-refractivity contribution < 1.29 is 73.9 Å². The van der Waals surface area contributed by atoms with Gasteiger partial charge < -0.3 is 36.5 Å². The van der Waals surface area contributed by atoms with Gasteiger partial charge in [-0.3, -0.25) is 0 Å². The molecule has 0 saturated carbocycles. The molecule has 0 spiro atoms. The van der Waals surface area contributed by atoms with Gasteiger partial charge in [0.05, 0.1) is 53.1 Å². The smallest absolute Gasteiger partial charge is 0.399 e. The van der Waals surface area contributed by atoms with E-state index in [1.54, 1.807) is 118 Å². The van der Waals surface area contributed by atoms with Crippen LogP contribution in [-0.2, 0) is 57.2 Å². The van der Waals surface area contributed by atoms with Gasteiger partial charge in [-0.15, -0.1) is 0 Å². The molecule has 5 aromatic carbocycles. The molecule has 3 aromatic heterocycles. The first-order valence-electron chi connectivity index (χ1n) is 27.1. The zero-order chi connectivity index (χ0) is 71.3. The molecule has 8 rings (SSSR count). The van der Waals surface area contributed by atoms with Gasteiger partial charge in [-0.1, -0.05) is 48.0 Å². The highest BCUT2D eigenvalue weighted by molar-refractivity contribution is 14.1. The van der Waals surface area contributed by atoms with Gasteiger partial charge in [0, 0.05) is 44.1 Å². The summed E-state index contributed by atoms with van der Waals surface area (Å²) < 4.78 is 214. The van der Waals surface area contributed by atoms with Crippen molar-refractivity contribution in [1.82, 2.24) is 24.9 Å². The van der Waals surface area contributed by atoms with Crippen LogP contribution >= 0.6 is 60.1 Å². The van der Waals surface area contributed by atoms with E-state index in [2.05, 4.69) is 40.9 Å². The predicted molar refractivity (Wildman–Crippen MR) is 362 cm³/mol. The molecule has 7 N–H and O–H groups in total. The lowest BCUT2D eigenvalue weighted by molar-refractivity contribution is -0.139. The number of aromatic nitrogens is 5. The van der Waals surface area contributed by atoms with Crippen molar-refractivity contribution in [2.45, 2.75) is 90.5 Å². The lowest BCUT2D eigenvalue weighted by Gasteiger charge is -2.18. The van der Waals surface area contributed by atoms with Crippen LogP contribution in [0.15, 0.2) is 161 Å². The molecule has 0 bridgehead atoms. The molecule has 0 atom stereocenters. The van der Waals surface area contributed by atoms with E-state index in [1.807, 2.05) is 12.1 Å². The van der Waals surface area contributed by atoms with Crippen LogP contribution in [-0.4, -0.2) is 92.6 Å². The summed E-state index contributed by atoms with van der Waals surface area (Å²) in [4.78, 5) is 17.9. The normalized spacial score (nSPS) is 12.2. The highest BCUT2D eigenvalue weighted by atomic mass is 127. The lowest BCUT2D eigenvalue weighted by Crippen LogP contribution is -2.17. The number of hydrogen-bond acceptors (Lipinski definition) is 18. The molecule has 35 heteroatoms. The van der Waals surface area contributed by atoms with Crippen molar-refractivity contribution in [2.75, 3.05) is 54.1 Å². The number of nitrogens with one attached hydrogen (secondary N) is 3. The first kappa shape index (κ1) is 79.8. The molecule has 0 amide bonds. The third kappa shape index (κ3) is 22.8. The standard InChI is InChI=1S/C22H24F3N4O3PS.C14H13ClF3N3O2S.C9H13NO2S.C8H12NOP.C6H2ClF3IN/c1-14(2)34(31,32)19-8-6-5-7-18(19)28-20-17(22(23,24)25)13-26-21(29-20)27-15-9-11-16(12-10-15)33(3,4)30;1-8(2)24(22,23)11-6-4-3-5-10(11)20-12-9(14(16,17)18)7-19-13(15)21-12;1-7(2)13(11,12)9-6-4-3-5-8(9)10;1-11(2,10)8-5-3-7(9)4-6-8;7-5-1-4(11)3(2-12-5)6(8,9)10/h5-14H,1-4H3,(H2,26,27,28,29);3-8H,1-2H3,(H,19,20,21);3-7H,10H2,1-2H3;3-6H,9H2,1-2H3;1-2H. The summed E-state index contributed by atoms with van der Waals surface area (Å²) in [6.07, 6.45) is -12.0. The molecule has 0 radical (unpaired) electrons. The van der Waals surface area contributed by atoms with Crippen LogP contribution in [0.2, 0.25) is 10.4 Å². The Balaban J connectivity index is 0.000000271. The number of nitrogens with two attached hydrogens (primary N) is 2. The fourth-order valence-corrected chi connectivity index (χ4v) is 13.8. The van der Waals surface area contributed by atoms with E-state index in [1.165, 1.54) is 88.4 Å². The Morgan fingerprint density at radius 1 is 0.479 bits per heavy atom. The number of alkyl halides is 9. The molecule has 8 aromatic rings. The van der Waals surface area contributed by atoms with Crippen LogP contribution in [0.25, 0.3) is 0 Å². The topological polar surface area (TPSA) is 289 Å². The van der Waals surface area contributed by atoms with Gasteiger partial charge in [-0.25, -0.2) is 40.2 Å². The lowest BCUT2D eigenvalue weighted by atomic mass is 10.2. The number of rotatable bonds is 14. The Labute approximate surface area is 562 Å². The summed E-state index contributed by atoms with van der Waals surface area (Å²) >= 11 is 12.5. The molecule has 18 nitrogen and oxygen atoms in total. The van der Waals surface area contributed by atoms with E-state index in [-0.39, 0.29) is 40.7 Å². The Hall–Kier alpha value is -6.60. The van der Waals surface area contributed by atoms with Crippen LogP contribution in [0, 0.1) is 3.57 Å². The van der Waals surface area contributed by atoms with Gasteiger partial charge in [-0.05, 0) is 193 Å². The maximum Gasteiger partial charge on any atom is 0.421 e. The van der Waals surface area contributed by atoms with Gasteiger partial charge in [0.1, 0.15) is 42.2 Å². The third-order valence-corrected chi connectivity index (χ3v) is 23.5. The zero-order valence-electron chi connectivity index (χ0n) is 51.4. The van der Waals surface area contributed by atoms with E-state index in [4.69, 9.17) is 34.7 Å². The summed E-state index contributed by atoms with van der Waals surface area (Å²) in [6.45, 7) is 16.0. The SMILES string of the molecule is CC(C)S(=O)(=O)c1ccccc1N.CC(C)S(=O)(=O)c1ccccc1Nc1nc(Cl)ncc1C(F)(F)F.CC(C)S(=O)(=O)c1ccccc1Nc1nc(Nc2ccc(P(C)(C)=O)cc2)ncc1C(F)(F)F.CP(C)(=O)c1ccc(N)cc1.FC(F)(F)c1cnc(Cl)cc1I. The molecule has 0 aliphatic heterocycles. The summed E-state index contributed by atoms with van der Waals surface area (Å²) in [7, 11) is -15.3. The fourth-order valence-electron chi connectivity index (χ4n) is 7.28. The average molecular weight is 1570 g/mol. The van der Waals surface area contributed by atoms with Crippen molar-refractivity contribution in [3.8, 4) is 0 Å². The number of hydrogen-bond donors (Lipinski definition) is 5. The van der Waals surface area contributed by atoms with Crippen molar-refractivity contribution in [2.24, 2.45) is 0 Å². The van der Waals surface area contributed by atoms with Crippen LogP contribution < -0.4 is 38.0 Å². The molecule has 0 fully saturated rings. The molecule has 3 heterocycles. The Kier molecular flexibility index (Phi) is 27.5. The van der Waals surface area contributed by atoms with Gasteiger partial charge in [0.2, 0.25) is 11.2 Å². The second kappa shape index (κ2) is 32.4. The molecule has 0 unspecified atom stereocenters. The maximum atomic E-state index is 13.6. The monoisotopic (exact) mass is 1570 g/mol.